The Labute approximate surface area is 120 Å². The molecule has 19 heavy (non-hydrogen) atoms. The van der Waals surface area contributed by atoms with Gasteiger partial charge in [-0.05, 0) is 36.5 Å². The van der Waals surface area contributed by atoms with Crippen LogP contribution in [0.2, 0.25) is 5.02 Å². The van der Waals surface area contributed by atoms with Crippen LogP contribution in [0.1, 0.15) is 25.3 Å². The zero-order chi connectivity index (χ0) is 13.7. The lowest BCUT2D eigenvalue weighted by Gasteiger charge is -2.33. The largest absolute Gasteiger partial charge is 0.496 e. The quantitative estimate of drug-likeness (QED) is 0.900. The molecular formula is C15H22ClNO2. The Morgan fingerprint density at radius 1 is 1.37 bits per heavy atom. The first-order chi connectivity index (χ1) is 9.13. The fraction of sp³-hybridized carbons (Fsp3) is 0.600. The number of methoxy groups -OCH3 is 1. The van der Waals surface area contributed by atoms with Crippen LogP contribution in [0, 0.1) is 5.41 Å². The zero-order valence-electron chi connectivity index (χ0n) is 11.7. The third-order valence-electron chi connectivity index (χ3n) is 3.81. The molecule has 0 atom stereocenters. The average Bonchev–Trinajstić information content (AvgIpc) is 2.40. The van der Waals surface area contributed by atoms with Crippen molar-refractivity contribution in [3.8, 4) is 5.75 Å². The monoisotopic (exact) mass is 283 g/mol. The number of benzene rings is 1. The van der Waals surface area contributed by atoms with E-state index in [4.69, 9.17) is 21.1 Å². The molecule has 2 rings (SSSR count). The SMILES string of the molecule is COc1ccc(Cl)cc1CNCC1(C)CCOCC1. The molecule has 0 radical (unpaired) electrons. The van der Waals surface area contributed by atoms with E-state index in [1.165, 1.54) is 0 Å². The molecule has 1 heterocycles. The summed E-state index contributed by atoms with van der Waals surface area (Å²) < 4.78 is 10.8. The van der Waals surface area contributed by atoms with Gasteiger partial charge in [-0.15, -0.1) is 0 Å². The molecule has 3 nitrogen and oxygen atoms in total. The van der Waals surface area contributed by atoms with Gasteiger partial charge in [0.1, 0.15) is 5.75 Å². The van der Waals surface area contributed by atoms with Crippen LogP contribution in [-0.2, 0) is 11.3 Å². The van der Waals surface area contributed by atoms with Crippen molar-refractivity contribution in [2.45, 2.75) is 26.3 Å². The van der Waals surface area contributed by atoms with Crippen LogP contribution >= 0.6 is 11.6 Å². The Kier molecular flexibility index (Phi) is 5.08. The van der Waals surface area contributed by atoms with Crippen molar-refractivity contribution >= 4 is 11.6 Å². The van der Waals surface area contributed by atoms with Crippen LogP contribution in [0.3, 0.4) is 0 Å². The fourth-order valence-corrected chi connectivity index (χ4v) is 2.62. The molecule has 0 spiro atoms. The second-order valence-corrected chi connectivity index (χ2v) is 5.92. The van der Waals surface area contributed by atoms with E-state index >= 15 is 0 Å². The number of hydrogen-bond acceptors (Lipinski definition) is 3. The van der Waals surface area contributed by atoms with Gasteiger partial charge in [0.05, 0.1) is 7.11 Å². The highest BCUT2D eigenvalue weighted by atomic mass is 35.5. The lowest BCUT2D eigenvalue weighted by molar-refractivity contribution is 0.0240. The number of hydrogen-bond donors (Lipinski definition) is 1. The molecule has 1 aliphatic rings. The van der Waals surface area contributed by atoms with Crippen molar-refractivity contribution in [3.63, 3.8) is 0 Å². The minimum atomic E-state index is 0.337. The van der Waals surface area contributed by atoms with Crippen molar-refractivity contribution in [2.75, 3.05) is 26.9 Å². The first kappa shape index (κ1) is 14.6. The lowest BCUT2D eigenvalue weighted by atomic mass is 9.82. The topological polar surface area (TPSA) is 30.5 Å². The van der Waals surface area contributed by atoms with Gasteiger partial charge < -0.3 is 14.8 Å². The van der Waals surface area contributed by atoms with Crippen LogP contribution in [-0.4, -0.2) is 26.9 Å². The van der Waals surface area contributed by atoms with Crippen molar-refractivity contribution in [1.82, 2.24) is 5.32 Å². The predicted molar refractivity (Wildman–Crippen MR) is 77.9 cm³/mol. The highest BCUT2D eigenvalue weighted by Crippen LogP contribution is 2.29. The molecule has 4 heteroatoms. The van der Waals surface area contributed by atoms with Crippen molar-refractivity contribution in [2.24, 2.45) is 5.41 Å². The summed E-state index contributed by atoms with van der Waals surface area (Å²) in [5.74, 6) is 0.883. The standard InChI is InChI=1S/C15H22ClNO2/c1-15(5-7-19-8-6-15)11-17-10-12-9-13(16)3-4-14(12)18-2/h3-4,9,17H,5-8,10-11H2,1-2H3. The Bertz CT molecular complexity index is 417. The number of halogens is 1. The second kappa shape index (κ2) is 6.60. The normalized spacial score (nSPS) is 18.3. The van der Waals surface area contributed by atoms with Crippen LogP contribution in [0.25, 0.3) is 0 Å². The van der Waals surface area contributed by atoms with Crippen molar-refractivity contribution in [3.05, 3.63) is 28.8 Å². The smallest absolute Gasteiger partial charge is 0.123 e. The minimum absolute atomic E-state index is 0.337. The van der Waals surface area contributed by atoms with E-state index in [-0.39, 0.29) is 0 Å². The summed E-state index contributed by atoms with van der Waals surface area (Å²) in [6, 6.07) is 5.72. The van der Waals surface area contributed by atoms with Gasteiger partial charge in [-0.3, -0.25) is 0 Å². The summed E-state index contributed by atoms with van der Waals surface area (Å²) in [6.45, 7) is 5.83. The molecule has 0 saturated carbocycles. The maximum atomic E-state index is 6.03. The Morgan fingerprint density at radius 3 is 2.79 bits per heavy atom. The van der Waals surface area contributed by atoms with Crippen LogP contribution in [0.4, 0.5) is 0 Å². The molecule has 1 fully saturated rings. The third kappa shape index (κ3) is 4.10. The summed E-state index contributed by atoms with van der Waals surface area (Å²) in [5, 5.41) is 4.26. The molecule has 106 valence electrons. The number of nitrogens with one attached hydrogen (secondary N) is 1. The van der Waals surface area contributed by atoms with Crippen molar-refractivity contribution < 1.29 is 9.47 Å². The molecule has 1 aliphatic heterocycles. The van der Waals surface area contributed by atoms with Gasteiger partial charge in [0.2, 0.25) is 0 Å². The van der Waals surface area contributed by atoms with Crippen LogP contribution in [0.15, 0.2) is 18.2 Å². The van der Waals surface area contributed by atoms with Gasteiger partial charge >= 0.3 is 0 Å². The zero-order valence-corrected chi connectivity index (χ0v) is 12.4. The minimum Gasteiger partial charge on any atom is -0.496 e. The summed E-state index contributed by atoms with van der Waals surface area (Å²) in [6.07, 6.45) is 2.24. The highest BCUT2D eigenvalue weighted by molar-refractivity contribution is 6.30. The van der Waals surface area contributed by atoms with Crippen molar-refractivity contribution in [1.29, 1.82) is 0 Å². The van der Waals surface area contributed by atoms with E-state index in [0.29, 0.717) is 5.41 Å². The second-order valence-electron chi connectivity index (χ2n) is 5.48. The molecule has 0 amide bonds. The maximum absolute atomic E-state index is 6.03. The van der Waals surface area contributed by atoms with E-state index in [0.717, 1.165) is 55.5 Å². The predicted octanol–water partition coefficient (Wildman–Crippen LogP) is 3.25. The average molecular weight is 284 g/mol. The molecule has 0 aromatic heterocycles. The van der Waals surface area contributed by atoms with Gasteiger partial charge in [-0.25, -0.2) is 0 Å². The molecular weight excluding hydrogens is 262 g/mol. The molecule has 0 aliphatic carbocycles. The molecule has 1 N–H and O–H groups in total. The van der Waals surface area contributed by atoms with Gasteiger partial charge in [0.15, 0.2) is 0 Å². The third-order valence-corrected chi connectivity index (χ3v) is 4.04. The van der Waals surface area contributed by atoms with Gasteiger partial charge in [-0.2, -0.15) is 0 Å². The van der Waals surface area contributed by atoms with E-state index < -0.39 is 0 Å². The maximum Gasteiger partial charge on any atom is 0.123 e. The Morgan fingerprint density at radius 2 is 2.11 bits per heavy atom. The Hall–Kier alpha value is -0.770. The Balaban J connectivity index is 1.90. The first-order valence-electron chi connectivity index (χ1n) is 6.74. The van der Waals surface area contributed by atoms with Crippen LogP contribution in [0.5, 0.6) is 5.75 Å². The summed E-state index contributed by atoms with van der Waals surface area (Å²) in [7, 11) is 1.69. The number of rotatable bonds is 5. The fourth-order valence-electron chi connectivity index (χ4n) is 2.43. The van der Waals surface area contributed by atoms with Gasteiger partial charge in [-0.1, -0.05) is 18.5 Å². The lowest BCUT2D eigenvalue weighted by Crippen LogP contribution is -2.36. The van der Waals surface area contributed by atoms with E-state index in [1.54, 1.807) is 7.11 Å². The van der Waals surface area contributed by atoms with E-state index in [2.05, 4.69) is 12.2 Å². The molecule has 0 bridgehead atoms. The molecule has 1 aromatic rings. The molecule has 1 saturated heterocycles. The highest BCUT2D eigenvalue weighted by Gasteiger charge is 2.26. The van der Waals surface area contributed by atoms with Gasteiger partial charge in [0, 0.05) is 36.9 Å². The summed E-state index contributed by atoms with van der Waals surface area (Å²) in [5.41, 5.74) is 1.44. The first-order valence-corrected chi connectivity index (χ1v) is 7.12. The number of ether oxygens (including phenoxy) is 2. The van der Waals surface area contributed by atoms with E-state index in [1.807, 2.05) is 18.2 Å². The van der Waals surface area contributed by atoms with Gasteiger partial charge in [0.25, 0.3) is 0 Å². The summed E-state index contributed by atoms with van der Waals surface area (Å²) >= 11 is 6.03. The molecule has 0 unspecified atom stereocenters. The molecule has 1 aromatic carbocycles. The summed E-state index contributed by atoms with van der Waals surface area (Å²) in [4.78, 5) is 0. The van der Waals surface area contributed by atoms with Crippen LogP contribution < -0.4 is 10.1 Å². The van der Waals surface area contributed by atoms with E-state index in [9.17, 15) is 0 Å².